The molecule has 0 aromatic heterocycles. The minimum atomic E-state index is -0.631. The van der Waals surface area contributed by atoms with Gasteiger partial charge in [-0.1, -0.05) is 12.1 Å². The van der Waals surface area contributed by atoms with E-state index in [1.807, 2.05) is 18.4 Å². The molecule has 21 heavy (non-hydrogen) atoms. The highest BCUT2D eigenvalue weighted by molar-refractivity contribution is 7.98. The van der Waals surface area contributed by atoms with Crippen LogP contribution in [0.4, 0.5) is 4.39 Å². The van der Waals surface area contributed by atoms with Crippen LogP contribution >= 0.6 is 11.8 Å². The number of carbonyl (C=O) groups is 1. The quantitative estimate of drug-likeness (QED) is 0.622. The van der Waals surface area contributed by atoms with Gasteiger partial charge in [-0.15, -0.1) is 11.8 Å². The Labute approximate surface area is 127 Å². The van der Waals surface area contributed by atoms with Crippen molar-refractivity contribution in [3.05, 3.63) is 53.3 Å². The van der Waals surface area contributed by atoms with E-state index in [0.717, 1.165) is 11.0 Å². The van der Waals surface area contributed by atoms with Crippen molar-refractivity contribution in [2.24, 2.45) is 0 Å². The molecular weight excluding hydrogens is 291 g/mol. The number of halogens is 1. The van der Waals surface area contributed by atoms with Gasteiger partial charge in [-0.05, 0) is 24.5 Å². The number of hydrogen-bond donors (Lipinski definition) is 0. The first-order valence-electron chi connectivity index (χ1n) is 6.21. The van der Waals surface area contributed by atoms with E-state index in [1.165, 1.54) is 32.0 Å². The van der Waals surface area contributed by atoms with Crippen LogP contribution < -0.4 is 9.47 Å². The van der Waals surface area contributed by atoms with Crippen molar-refractivity contribution in [3.63, 3.8) is 0 Å². The standard InChI is InChI=1S/C16H15FO3S/c1-19-13-8-11(12(17)9-14(13)20-2)16(18)10-6-4-5-7-15(10)21-3/h4-9H,1-3H3. The highest BCUT2D eigenvalue weighted by atomic mass is 32.2. The van der Waals surface area contributed by atoms with Crippen LogP contribution in [0.5, 0.6) is 11.5 Å². The Kier molecular flexibility index (Phi) is 4.85. The minimum Gasteiger partial charge on any atom is -0.493 e. The van der Waals surface area contributed by atoms with Crippen molar-refractivity contribution in [1.29, 1.82) is 0 Å². The second-order valence-corrected chi connectivity index (χ2v) is 5.06. The lowest BCUT2D eigenvalue weighted by Crippen LogP contribution is -2.07. The third-order valence-electron chi connectivity index (χ3n) is 3.07. The predicted molar refractivity (Wildman–Crippen MR) is 81.2 cm³/mol. The van der Waals surface area contributed by atoms with E-state index in [-0.39, 0.29) is 17.1 Å². The topological polar surface area (TPSA) is 35.5 Å². The largest absolute Gasteiger partial charge is 0.493 e. The first-order chi connectivity index (χ1) is 10.1. The lowest BCUT2D eigenvalue weighted by atomic mass is 10.0. The molecule has 2 aromatic rings. The molecule has 0 saturated carbocycles. The Balaban J connectivity index is 2.53. The van der Waals surface area contributed by atoms with E-state index in [9.17, 15) is 9.18 Å². The molecule has 0 unspecified atom stereocenters. The predicted octanol–water partition coefficient (Wildman–Crippen LogP) is 3.80. The van der Waals surface area contributed by atoms with E-state index in [2.05, 4.69) is 0 Å². The fourth-order valence-corrected chi connectivity index (χ4v) is 2.60. The van der Waals surface area contributed by atoms with Gasteiger partial charge in [-0.3, -0.25) is 4.79 Å². The molecule has 2 rings (SSSR count). The van der Waals surface area contributed by atoms with Gasteiger partial charge < -0.3 is 9.47 Å². The summed E-state index contributed by atoms with van der Waals surface area (Å²) in [4.78, 5) is 13.4. The number of rotatable bonds is 5. The second-order valence-electron chi connectivity index (χ2n) is 4.22. The summed E-state index contributed by atoms with van der Waals surface area (Å²) in [5.74, 6) is -0.430. The van der Waals surface area contributed by atoms with Gasteiger partial charge in [0.2, 0.25) is 0 Å². The Hall–Kier alpha value is -2.01. The molecule has 5 heteroatoms. The van der Waals surface area contributed by atoms with Crippen LogP contribution in [0.25, 0.3) is 0 Å². The maximum Gasteiger partial charge on any atom is 0.197 e. The molecule has 0 N–H and O–H groups in total. The third-order valence-corrected chi connectivity index (χ3v) is 3.87. The van der Waals surface area contributed by atoms with E-state index < -0.39 is 5.82 Å². The first-order valence-corrected chi connectivity index (χ1v) is 7.44. The van der Waals surface area contributed by atoms with Gasteiger partial charge in [0.05, 0.1) is 19.8 Å². The van der Waals surface area contributed by atoms with Crippen molar-refractivity contribution >= 4 is 17.5 Å². The minimum absolute atomic E-state index is 0.0332. The number of hydrogen-bond acceptors (Lipinski definition) is 4. The molecule has 0 radical (unpaired) electrons. The smallest absolute Gasteiger partial charge is 0.197 e. The molecule has 0 aliphatic carbocycles. The van der Waals surface area contributed by atoms with E-state index in [0.29, 0.717) is 11.3 Å². The van der Waals surface area contributed by atoms with E-state index in [4.69, 9.17) is 9.47 Å². The Morgan fingerprint density at radius 2 is 1.67 bits per heavy atom. The normalized spacial score (nSPS) is 10.3. The second kappa shape index (κ2) is 6.63. The molecule has 0 heterocycles. The zero-order valence-electron chi connectivity index (χ0n) is 12.0. The van der Waals surface area contributed by atoms with Crippen LogP contribution in [0.1, 0.15) is 15.9 Å². The van der Waals surface area contributed by atoms with Gasteiger partial charge in [0, 0.05) is 16.5 Å². The molecule has 3 nitrogen and oxygen atoms in total. The Morgan fingerprint density at radius 1 is 1.05 bits per heavy atom. The highest BCUT2D eigenvalue weighted by Gasteiger charge is 2.20. The average Bonchev–Trinajstić information content (AvgIpc) is 2.53. The van der Waals surface area contributed by atoms with Crippen LogP contribution in [0.2, 0.25) is 0 Å². The van der Waals surface area contributed by atoms with Gasteiger partial charge in [0.25, 0.3) is 0 Å². The van der Waals surface area contributed by atoms with Crippen LogP contribution in [-0.2, 0) is 0 Å². The lowest BCUT2D eigenvalue weighted by Gasteiger charge is -2.11. The maximum atomic E-state index is 14.2. The SMILES string of the molecule is COc1cc(F)c(C(=O)c2ccccc2SC)cc1OC. The summed E-state index contributed by atoms with van der Waals surface area (Å²) in [6.07, 6.45) is 1.87. The molecule has 0 bridgehead atoms. The summed E-state index contributed by atoms with van der Waals surface area (Å²) >= 11 is 1.44. The Bertz CT molecular complexity index is 671. The molecule has 2 aromatic carbocycles. The molecule has 110 valence electrons. The van der Waals surface area contributed by atoms with Crippen molar-refractivity contribution in [2.45, 2.75) is 4.90 Å². The first kappa shape index (κ1) is 15.4. The van der Waals surface area contributed by atoms with Crippen LogP contribution in [0.3, 0.4) is 0 Å². The molecule has 0 aliphatic rings. The van der Waals surface area contributed by atoms with Gasteiger partial charge in [0.15, 0.2) is 17.3 Å². The van der Waals surface area contributed by atoms with Gasteiger partial charge >= 0.3 is 0 Å². The van der Waals surface area contributed by atoms with Crippen LogP contribution in [-0.4, -0.2) is 26.3 Å². The summed E-state index contributed by atoms with van der Waals surface area (Å²) < 4.78 is 24.3. The molecule has 0 amide bonds. The maximum absolute atomic E-state index is 14.2. The summed E-state index contributed by atoms with van der Waals surface area (Å²) in [6, 6.07) is 9.64. The molecule has 0 atom stereocenters. The van der Waals surface area contributed by atoms with Gasteiger partial charge in [-0.25, -0.2) is 4.39 Å². The van der Waals surface area contributed by atoms with Crippen molar-refractivity contribution in [3.8, 4) is 11.5 Å². The number of carbonyl (C=O) groups excluding carboxylic acids is 1. The van der Waals surface area contributed by atoms with E-state index >= 15 is 0 Å². The zero-order chi connectivity index (χ0) is 15.4. The van der Waals surface area contributed by atoms with Crippen molar-refractivity contribution in [1.82, 2.24) is 0 Å². The number of ketones is 1. The number of ether oxygens (including phenoxy) is 2. The monoisotopic (exact) mass is 306 g/mol. The van der Waals surface area contributed by atoms with Gasteiger partial charge in [-0.2, -0.15) is 0 Å². The number of thioether (sulfide) groups is 1. The average molecular weight is 306 g/mol. The Morgan fingerprint density at radius 3 is 2.29 bits per heavy atom. The zero-order valence-corrected chi connectivity index (χ0v) is 12.8. The fourth-order valence-electron chi connectivity index (χ4n) is 2.01. The molecule has 0 aliphatic heterocycles. The molecular formula is C16H15FO3S. The van der Waals surface area contributed by atoms with Crippen molar-refractivity contribution < 1.29 is 18.7 Å². The fraction of sp³-hybridized carbons (Fsp3) is 0.188. The lowest BCUT2D eigenvalue weighted by molar-refractivity contribution is 0.103. The summed E-state index contributed by atoms with van der Waals surface area (Å²) in [7, 11) is 2.86. The van der Waals surface area contributed by atoms with Crippen molar-refractivity contribution in [2.75, 3.05) is 20.5 Å². The third kappa shape index (κ3) is 3.03. The van der Waals surface area contributed by atoms with E-state index in [1.54, 1.807) is 12.1 Å². The highest BCUT2D eigenvalue weighted by Crippen LogP contribution is 2.32. The molecule has 0 spiro atoms. The molecule has 0 fully saturated rings. The van der Waals surface area contributed by atoms with Crippen LogP contribution in [0, 0.1) is 5.82 Å². The summed E-state index contributed by atoms with van der Waals surface area (Å²) in [5, 5.41) is 0. The summed E-state index contributed by atoms with van der Waals surface area (Å²) in [5.41, 5.74) is 0.435. The van der Waals surface area contributed by atoms with Crippen LogP contribution in [0.15, 0.2) is 41.3 Å². The summed E-state index contributed by atoms with van der Waals surface area (Å²) in [6.45, 7) is 0. The number of methoxy groups -OCH3 is 2. The number of benzene rings is 2. The molecule has 0 saturated heterocycles. The van der Waals surface area contributed by atoms with Gasteiger partial charge in [0.1, 0.15) is 5.82 Å².